The lowest BCUT2D eigenvalue weighted by Gasteiger charge is -2.27. The van der Waals surface area contributed by atoms with Crippen molar-refractivity contribution in [3.63, 3.8) is 0 Å². The van der Waals surface area contributed by atoms with Crippen molar-refractivity contribution in [1.82, 2.24) is 15.3 Å². The molecular weight excluding hydrogens is 324 g/mol. The highest BCUT2D eigenvalue weighted by Gasteiger charge is 2.30. The summed E-state index contributed by atoms with van der Waals surface area (Å²) in [6.07, 6.45) is 4.69. The Bertz CT molecular complexity index is 824. The molecular formula is C17H20N4O2S. The molecule has 0 aromatic carbocycles. The summed E-state index contributed by atoms with van der Waals surface area (Å²) in [6, 6.07) is 2.15. The molecule has 0 radical (unpaired) electrons. The van der Waals surface area contributed by atoms with Crippen LogP contribution in [0.5, 0.6) is 5.88 Å². The van der Waals surface area contributed by atoms with E-state index in [9.17, 15) is 10.1 Å². The van der Waals surface area contributed by atoms with Gasteiger partial charge in [-0.3, -0.25) is 4.79 Å². The van der Waals surface area contributed by atoms with E-state index in [1.807, 2.05) is 13.8 Å². The largest absolute Gasteiger partial charge is 0.467 e. The summed E-state index contributed by atoms with van der Waals surface area (Å²) in [5, 5.41) is 13.0. The predicted octanol–water partition coefficient (Wildman–Crippen LogP) is 2.61. The Kier molecular flexibility index (Phi) is 4.41. The van der Waals surface area contributed by atoms with Crippen molar-refractivity contribution >= 4 is 27.5 Å². The third kappa shape index (κ3) is 2.94. The zero-order chi connectivity index (χ0) is 17.3. The number of fused-ring (bicyclic) bond motifs is 3. The van der Waals surface area contributed by atoms with Gasteiger partial charge in [0, 0.05) is 4.88 Å². The fourth-order valence-electron chi connectivity index (χ4n) is 2.77. The number of ether oxygens (including phenoxy) is 1. The fourth-order valence-corrected chi connectivity index (χ4v) is 3.99. The average molecular weight is 344 g/mol. The van der Waals surface area contributed by atoms with E-state index in [2.05, 4.69) is 21.4 Å². The molecule has 0 saturated carbocycles. The summed E-state index contributed by atoms with van der Waals surface area (Å²) in [5.41, 5.74) is 0.348. The van der Waals surface area contributed by atoms with E-state index in [0.29, 0.717) is 5.88 Å². The van der Waals surface area contributed by atoms with E-state index in [1.54, 1.807) is 18.3 Å². The number of hydrogen-bond donors (Lipinski definition) is 1. The van der Waals surface area contributed by atoms with Crippen molar-refractivity contribution in [2.75, 3.05) is 6.61 Å². The molecule has 0 spiro atoms. The zero-order valence-corrected chi connectivity index (χ0v) is 14.9. The van der Waals surface area contributed by atoms with E-state index < -0.39 is 5.54 Å². The number of rotatable bonds is 5. The average Bonchev–Trinajstić information content (AvgIpc) is 3.13. The molecule has 2 aromatic heterocycles. The molecule has 0 aliphatic heterocycles. The highest BCUT2D eigenvalue weighted by Crippen LogP contribution is 2.39. The second kappa shape index (κ2) is 6.36. The third-order valence-corrected chi connectivity index (χ3v) is 5.79. The van der Waals surface area contributed by atoms with Gasteiger partial charge < -0.3 is 10.1 Å². The summed E-state index contributed by atoms with van der Waals surface area (Å²) in [7, 11) is 0. The van der Waals surface area contributed by atoms with Crippen LogP contribution in [0.3, 0.4) is 0 Å². The molecule has 6 nitrogen and oxygen atoms in total. The Morgan fingerprint density at radius 2 is 2.29 bits per heavy atom. The van der Waals surface area contributed by atoms with Crippen molar-refractivity contribution < 1.29 is 9.53 Å². The van der Waals surface area contributed by atoms with Crippen LogP contribution in [0, 0.1) is 17.2 Å². The molecule has 1 aliphatic rings. The predicted molar refractivity (Wildman–Crippen MR) is 91.9 cm³/mol. The second-order valence-electron chi connectivity index (χ2n) is 6.52. The molecule has 1 amide bonds. The van der Waals surface area contributed by atoms with Gasteiger partial charge in [-0.15, -0.1) is 11.3 Å². The van der Waals surface area contributed by atoms with E-state index >= 15 is 0 Å². The van der Waals surface area contributed by atoms with Crippen molar-refractivity contribution in [1.29, 1.82) is 5.26 Å². The van der Waals surface area contributed by atoms with Gasteiger partial charge in [-0.2, -0.15) is 5.26 Å². The molecule has 0 bridgehead atoms. The maximum absolute atomic E-state index is 12.2. The zero-order valence-electron chi connectivity index (χ0n) is 14.0. The minimum absolute atomic E-state index is 0.00245. The number of aryl methyl sites for hydroxylation is 2. The number of carbonyl (C=O) groups excluding carboxylic acids is 1. The van der Waals surface area contributed by atoms with Gasteiger partial charge in [0.15, 0.2) is 6.61 Å². The quantitative estimate of drug-likeness (QED) is 0.901. The first kappa shape index (κ1) is 16.7. The van der Waals surface area contributed by atoms with Gasteiger partial charge in [0.05, 0.1) is 11.5 Å². The molecule has 1 atom stereocenters. The first-order valence-electron chi connectivity index (χ1n) is 8.05. The normalized spacial score (nSPS) is 15.8. The van der Waals surface area contributed by atoms with Gasteiger partial charge in [0.2, 0.25) is 5.88 Å². The standard InChI is InChI=1S/C17H20N4O2S/c1-10(2)17(3,8-18)21-13(22)7-23-15-14-11-5-4-6-12(11)24-16(14)20-9-19-15/h9-10H,4-7H2,1-3H3,(H,21,22). The number of carbonyl (C=O) groups is 1. The van der Waals surface area contributed by atoms with Crippen molar-refractivity contribution in [2.24, 2.45) is 5.92 Å². The fraction of sp³-hybridized carbons (Fsp3) is 0.529. The molecule has 1 aliphatic carbocycles. The lowest BCUT2D eigenvalue weighted by Crippen LogP contribution is -2.50. The van der Waals surface area contributed by atoms with Crippen molar-refractivity contribution in [3.05, 3.63) is 16.8 Å². The highest BCUT2D eigenvalue weighted by molar-refractivity contribution is 7.18. The summed E-state index contributed by atoms with van der Waals surface area (Å²) in [4.78, 5) is 23.0. The SMILES string of the molecule is CC(C)C(C)(C#N)NC(=O)COc1ncnc2sc3c(c12)CCC3. The van der Waals surface area contributed by atoms with Crippen molar-refractivity contribution in [3.8, 4) is 11.9 Å². The minimum atomic E-state index is -0.912. The van der Waals surface area contributed by atoms with Crippen LogP contribution >= 0.6 is 11.3 Å². The Morgan fingerprint density at radius 3 is 3.00 bits per heavy atom. The van der Waals surface area contributed by atoms with E-state index in [-0.39, 0.29) is 18.4 Å². The first-order valence-corrected chi connectivity index (χ1v) is 8.86. The highest BCUT2D eigenvalue weighted by atomic mass is 32.1. The number of nitrogens with zero attached hydrogens (tertiary/aromatic N) is 3. The molecule has 0 saturated heterocycles. The minimum Gasteiger partial charge on any atom is -0.467 e. The van der Waals surface area contributed by atoms with E-state index in [0.717, 1.165) is 29.5 Å². The molecule has 2 aromatic rings. The number of nitriles is 1. The van der Waals surface area contributed by atoms with Crippen LogP contribution in [0.2, 0.25) is 0 Å². The lowest BCUT2D eigenvalue weighted by atomic mass is 9.90. The van der Waals surface area contributed by atoms with Gasteiger partial charge in [-0.1, -0.05) is 13.8 Å². The number of aromatic nitrogens is 2. The van der Waals surface area contributed by atoms with Crippen LogP contribution in [-0.4, -0.2) is 28.0 Å². The first-order chi connectivity index (χ1) is 11.4. The van der Waals surface area contributed by atoms with Gasteiger partial charge in [0.25, 0.3) is 5.91 Å². The van der Waals surface area contributed by atoms with E-state index in [4.69, 9.17) is 4.74 Å². The van der Waals surface area contributed by atoms with Crippen LogP contribution < -0.4 is 10.1 Å². The second-order valence-corrected chi connectivity index (χ2v) is 7.61. The van der Waals surface area contributed by atoms with Crippen molar-refractivity contribution in [2.45, 2.75) is 45.6 Å². The summed E-state index contributed by atoms with van der Waals surface area (Å²) >= 11 is 1.68. The number of amides is 1. The molecule has 2 heterocycles. The lowest BCUT2D eigenvalue weighted by molar-refractivity contribution is -0.124. The van der Waals surface area contributed by atoms with Crippen LogP contribution in [-0.2, 0) is 17.6 Å². The smallest absolute Gasteiger partial charge is 0.259 e. The molecule has 0 fully saturated rings. The summed E-state index contributed by atoms with van der Waals surface area (Å²) in [6.45, 7) is 5.34. The molecule has 3 rings (SSSR count). The summed E-state index contributed by atoms with van der Waals surface area (Å²) < 4.78 is 5.67. The van der Waals surface area contributed by atoms with Gasteiger partial charge in [-0.25, -0.2) is 9.97 Å². The van der Waals surface area contributed by atoms with Gasteiger partial charge in [0.1, 0.15) is 16.7 Å². The molecule has 1 unspecified atom stereocenters. The molecule has 126 valence electrons. The monoisotopic (exact) mass is 344 g/mol. The topological polar surface area (TPSA) is 87.9 Å². The van der Waals surface area contributed by atoms with Crippen LogP contribution in [0.4, 0.5) is 0 Å². The molecule has 7 heteroatoms. The summed E-state index contributed by atoms with van der Waals surface area (Å²) in [5.74, 6) is 0.126. The Morgan fingerprint density at radius 1 is 1.50 bits per heavy atom. The van der Waals surface area contributed by atoms with E-state index in [1.165, 1.54) is 16.8 Å². The number of thiophene rings is 1. The number of hydrogen-bond acceptors (Lipinski definition) is 6. The Labute approximate surface area is 144 Å². The van der Waals surface area contributed by atoms with Crippen LogP contribution in [0.15, 0.2) is 6.33 Å². The van der Waals surface area contributed by atoms with Gasteiger partial charge >= 0.3 is 0 Å². The number of nitrogens with one attached hydrogen (secondary N) is 1. The maximum atomic E-state index is 12.2. The Balaban J connectivity index is 1.75. The maximum Gasteiger partial charge on any atom is 0.259 e. The molecule has 24 heavy (non-hydrogen) atoms. The van der Waals surface area contributed by atoms with Crippen LogP contribution in [0.1, 0.15) is 37.6 Å². The van der Waals surface area contributed by atoms with Gasteiger partial charge in [-0.05, 0) is 37.7 Å². The Hall–Kier alpha value is -2.20. The third-order valence-electron chi connectivity index (χ3n) is 4.59. The molecule has 1 N–H and O–H groups in total. The van der Waals surface area contributed by atoms with Crippen LogP contribution in [0.25, 0.3) is 10.2 Å².